The van der Waals surface area contributed by atoms with Gasteiger partial charge in [0.05, 0.1) is 5.69 Å². The monoisotopic (exact) mass is 294 g/mol. The fourth-order valence-corrected chi connectivity index (χ4v) is 3.88. The molecule has 2 heterocycles. The highest BCUT2D eigenvalue weighted by molar-refractivity contribution is 7.13. The van der Waals surface area contributed by atoms with Gasteiger partial charge in [-0.05, 0) is 32.4 Å². The van der Waals surface area contributed by atoms with Crippen molar-refractivity contribution in [3.05, 3.63) is 11.1 Å². The molecular weight excluding hydrogens is 268 g/mol. The van der Waals surface area contributed by atoms with E-state index in [0.717, 1.165) is 38.8 Å². The van der Waals surface area contributed by atoms with Crippen LogP contribution in [0.25, 0.3) is 0 Å². The molecule has 1 saturated carbocycles. The summed E-state index contributed by atoms with van der Waals surface area (Å²) < 4.78 is 0. The van der Waals surface area contributed by atoms with Crippen molar-refractivity contribution >= 4 is 16.5 Å². The minimum Gasteiger partial charge on any atom is -0.346 e. The summed E-state index contributed by atoms with van der Waals surface area (Å²) in [6.07, 6.45) is 3.96. The Balaban J connectivity index is 1.54. The Labute approximate surface area is 126 Å². The van der Waals surface area contributed by atoms with E-state index in [1.54, 1.807) is 11.3 Å². The van der Waals surface area contributed by atoms with E-state index < -0.39 is 0 Å². The second kappa shape index (κ2) is 6.41. The highest BCUT2D eigenvalue weighted by atomic mass is 32.1. The fraction of sp³-hybridized carbons (Fsp3) is 0.800. The molecule has 112 valence electrons. The van der Waals surface area contributed by atoms with Crippen LogP contribution in [0.1, 0.15) is 38.8 Å². The van der Waals surface area contributed by atoms with Crippen LogP contribution < -0.4 is 10.2 Å². The number of nitrogens with one attached hydrogen (secondary N) is 1. The molecule has 1 aliphatic carbocycles. The van der Waals surface area contributed by atoms with E-state index in [4.69, 9.17) is 4.98 Å². The van der Waals surface area contributed by atoms with E-state index in [0.29, 0.717) is 6.04 Å². The van der Waals surface area contributed by atoms with Crippen molar-refractivity contribution < 1.29 is 0 Å². The van der Waals surface area contributed by atoms with E-state index in [1.807, 2.05) is 0 Å². The predicted octanol–water partition coefficient (Wildman–Crippen LogP) is 2.32. The molecule has 1 aliphatic heterocycles. The molecule has 0 amide bonds. The van der Waals surface area contributed by atoms with E-state index in [1.165, 1.54) is 30.1 Å². The molecule has 4 nitrogen and oxygen atoms in total. The number of rotatable bonds is 7. The van der Waals surface area contributed by atoms with Crippen LogP contribution in [0.15, 0.2) is 5.38 Å². The third-order valence-corrected chi connectivity index (χ3v) is 5.40. The fourth-order valence-electron chi connectivity index (χ4n) is 3.01. The SMILES string of the molecule is CCN(CC)C1CCN(c2nc(CNC3CC3)cs2)C1. The van der Waals surface area contributed by atoms with Crippen LogP contribution in [0, 0.1) is 0 Å². The zero-order valence-corrected chi connectivity index (χ0v) is 13.5. The average Bonchev–Trinajstić information content (AvgIpc) is 2.98. The second-order valence-electron chi connectivity index (χ2n) is 5.89. The van der Waals surface area contributed by atoms with Crippen LogP contribution in [-0.2, 0) is 6.54 Å². The minimum absolute atomic E-state index is 0.710. The van der Waals surface area contributed by atoms with Gasteiger partial charge in [0, 0.05) is 37.1 Å². The maximum Gasteiger partial charge on any atom is 0.185 e. The lowest BCUT2D eigenvalue weighted by atomic mass is 10.2. The van der Waals surface area contributed by atoms with Gasteiger partial charge in [0.1, 0.15) is 0 Å². The van der Waals surface area contributed by atoms with Crippen LogP contribution in [-0.4, -0.2) is 48.1 Å². The number of hydrogen-bond donors (Lipinski definition) is 1. The largest absolute Gasteiger partial charge is 0.346 e. The van der Waals surface area contributed by atoms with Crippen molar-refractivity contribution in [1.29, 1.82) is 0 Å². The zero-order chi connectivity index (χ0) is 13.9. The first-order valence-corrected chi connectivity index (χ1v) is 8.85. The van der Waals surface area contributed by atoms with E-state index in [2.05, 4.69) is 34.3 Å². The summed E-state index contributed by atoms with van der Waals surface area (Å²) in [5, 5.41) is 6.97. The van der Waals surface area contributed by atoms with Crippen LogP contribution in [0.4, 0.5) is 5.13 Å². The summed E-state index contributed by atoms with van der Waals surface area (Å²) in [6, 6.07) is 1.47. The lowest BCUT2D eigenvalue weighted by Gasteiger charge is -2.25. The molecule has 0 bridgehead atoms. The molecule has 0 radical (unpaired) electrons. The Morgan fingerprint density at radius 2 is 2.15 bits per heavy atom. The van der Waals surface area contributed by atoms with Crippen molar-refractivity contribution in [2.45, 2.75) is 51.7 Å². The molecule has 1 atom stereocenters. The molecule has 0 aromatic carbocycles. The number of hydrogen-bond acceptors (Lipinski definition) is 5. The Kier molecular flexibility index (Phi) is 4.58. The standard InChI is InChI=1S/C15H26N4S/c1-3-18(4-2)14-7-8-19(10-14)15-17-13(11-20-15)9-16-12-5-6-12/h11-12,14,16H,3-10H2,1-2H3. The summed E-state index contributed by atoms with van der Waals surface area (Å²) in [4.78, 5) is 9.84. The maximum atomic E-state index is 4.80. The lowest BCUT2D eigenvalue weighted by molar-refractivity contribution is 0.232. The molecule has 20 heavy (non-hydrogen) atoms. The van der Waals surface area contributed by atoms with Crippen molar-refractivity contribution in [3.63, 3.8) is 0 Å². The van der Waals surface area contributed by atoms with Crippen molar-refractivity contribution in [3.8, 4) is 0 Å². The van der Waals surface area contributed by atoms with Gasteiger partial charge in [0.25, 0.3) is 0 Å². The molecule has 1 saturated heterocycles. The molecule has 1 unspecified atom stereocenters. The average molecular weight is 294 g/mol. The molecule has 1 aromatic heterocycles. The van der Waals surface area contributed by atoms with Crippen molar-refractivity contribution in [1.82, 2.24) is 15.2 Å². The molecule has 3 rings (SSSR count). The van der Waals surface area contributed by atoms with Gasteiger partial charge in [0.15, 0.2) is 5.13 Å². The number of anilines is 1. The van der Waals surface area contributed by atoms with Gasteiger partial charge in [-0.3, -0.25) is 4.90 Å². The van der Waals surface area contributed by atoms with Crippen molar-refractivity contribution in [2.75, 3.05) is 31.1 Å². The van der Waals surface area contributed by atoms with Gasteiger partial charge in [-0.15, -0.1) is 11.3 Å². The van der Waals surface area contributed by atoms with Gasteiger partial charge >= 0.3 is 0 Å². The first kappa shape index (κ1) is 14.3. The smallest absolute Gasteiger partial charge is 0.185 e. The first-order valence-electron chi connectivity index (χ1n) is 7.97. The second-order valence-corrected chi connectivity index (χ2v) is 6.72. The minimum atomic E-state index is 0.710. The molecule has 2 aliphatic rings. The normalized spacial score (nSPS) is 22.9. The van der Waals surface area contributed by atoms with E-state index >= 15 is 0 Å². The summed E-state index contributed by atoms with van der Waals surface area (Å²) in [5.41, 5.74) is 1.21. The molecule has 2 fully saturated rings. The predicted molar refractivity (Wildman–Crippen MR) is 85.5 cm³/mol. The van der Waals surface area contributed by atoms with Crippen LogP contribution in [0.3, 0.4) is 0 Å². The zero-order valence-electron chi connectivity index (χ0n) is 12.6. The van der Waals surface area contributed by atoms with Crippen molar-refractivity contribution in [2.24, 2.45) is 0 Å². The summed E-state index contributed by atoms with van der Waals surface area (Å²) in [6.45, 7) is 10.1. The van der Waals surface area contributed by atoms with Gasteiger partial charge < -0.3 is 10.2 Å². The molecule has 0 spiro atoms. The third-order valence-electron chi connectivity index (χ3n) is 4.45. The highest BCUT2D eigenvalue weighted by Crippen LogP contribution is 2.27. The van der Waals surface area contributed by atoms with Gasteiger partial charge in [-0.25, -0.2) is 4.98 Å². The maximum absolute atomic E-state index is 4.80. The first-order chi connectivity index (χ1) is 9.80. The summed E-state index contributed by atoms with van der Waals surface area (Å²) in [7, 11) is 0. The quantitative estimate of drug-likeness (QED) is 0.836. The van der Waals surface area contributed by atoms with Gasteiger partial charge in [0.2, 0.25) is 0 Å². The number of nitrogens with zero attached hydrogens (tertiary/aromatic N) is 3. The molecule has 1 N–H and O–H groups in total. The van der Waals surface area contributed by atoms with Gasteiger partial charge in [-0.2, -0.15) is 0 Å². The third kappa shape index (κ3) is 3.32. The number of aromatic nitrogens is 1. The molecule has 1 aromatic rings. The Bertz CT molecular complexity index is 425. The van der Waals surface area contributed by atoms with Gasteiger partial charge in [-0.1, -0.05) is 13.8 Å². The van der Waals surface area contributed by atoms with Crippen LogP contribution >= 0.6 is 11.3 Å². The summed E-state index contributed by atoms with van der Waals surface area (Å²) in [5.74, 6) is 0. The molecular formula is C15H26N4S. The van der Waals surface area contributed by atoms with E-state index in [9.17, 15) is 0 Å². The van der Waals surface area contributed by atoms with Crippen LogP contribution in [0.5, 0.6) is 0 Å². The highest BCUT2D eigenvalue weighted by Gasteiger charge is 2.28. The topological polar surface area (TPSA) is 31.4 Å². The number of thiazole rings is 1. The number of likely N-dealkylation sites (N-methyl/N-ethyl adjacent to an activating group) is 1. The Hall–Kier alpha value is -0.650. The van der Waals surface area contributed by atoms with E-state index in [-0.39, 0.29) is 0 Å². The molecule has 5 heteroatoms. The Morgan fingerprint density at radius 3 is 2.85 bits per heavy atom. The Morgan fingerprint density at radius 1 is 1.35 bits per heavy atom. The lowest BCUT2D eigenvalue weighted by Crippen LogP contribution is -2.37. The summed E-state index contributed by atoms with van der Waals surface area (Å²) >= 11 is 1.80. The van der Waals surface area contributed by atoms with Crippen LogP contribution in [0.2, 0.25) is 0 Å².